The van der Waals surface area contributed by atoms with Crippen LogP contribution in [-0.4, -0.2) is 41.6 Å². The lowest BCUT2D eigenvalue weighted by molar-refractivity contribution is 0.0625. The van der Waals surface area contributed by atoms with E-state index in [1.54, 1.807) is 12.1 Å². The zero-order valence-corrected chi connectivity index (χ0v) is 13.2. The fourth-order valence-electron chi connectivity index (χ4n) is 3.15. The molecule has 2 rings (SSSR count). The smallest absolute Gasteiger partial charge is 0.257 e. The van der Waals surface area contributed by atoms with Gasteiger partial charge in [-0.25, -0.2) is 0 Å². The van der Waals surface area contributed by atoms with Crippen molar-refractivity contribution in [3.63, 3.8) is 0 Å². The van der Waals surface area contributed by atoms with Crippen LogP contribution in [0.1, 0.15) is 42.6 Å². The molecule has 0 bridgehead atoms. The van der Waals surface area contributed by atoms with Crippen molar-refractivity contribution in [3.05, 3.63) is 29.3 Å². The van der Waals surface area contributed by atoms with Gasteiger partial charge in [0.05, 0.1) is 5.56 Å². The minimum atomic E-state index is -0.0513. The number of likely N-dealkylation sites (tertiary alicyclic amines) is 1. The molecule has 1 amide bonds. The Morgan fingerprint density at radius 1 is 1.43 bits per heavy atom. The molecule has 4 nitrogen and oxygen atoms in total. The number of phenolic OH excluding ortho intramolecular Hbond substituents is 1. The number of hydrogen-bond acceptors (Lipinski definition) is 3. The Bertz CT molecular complexity index is 502. The standard InChI is InChI=1S/C17H26N2O2/c1-4-13-11-19(9-8-15(13)18-5-2)17(21)14-10-12(3)6-7-16(14)20/h6-7,10,13,15,18,20H,4-5,8-9,11H2,1-3H3. The minimum absolute atomic E-state index is 0.0513. The lowest BCUT2D eigenvalue weighted by Gasteiger charge is -2.38. The lowest BCUT2D eigenvalue weighted by Crippen LogP contribution is -2.50. The van der Waals surface area contributed by atoms with Gasteiger partial charge in [-0.2, -0.15) is 0 Å². The summed E-state index contributed by atoms with van der Waals surface area (Å²) < 4.78 is 0. The first kappa shape index (κ1) is 15.8. The third kappa shape index (κ3) is 3.56. The number of carbonyl (C=O) groups excluding carboxylic acids is 1. The average molecular weight is 290 g/mol. The summed E-state index contributed by atoms with van der Waals surface area (Å²) in [5, 5.41) is 13.5. The zero-order valence-electron chi connectivity index (χ0n) is 13.2. The Morgan fingerprint density at radius 3 is 2.86 bits per heavy atom. The Labute approximate surface area is 127 Å². The van der Waals surface area contributed by atoms with Gasteiger partial charge < -0.3 is 15.3 Å². The van der Waals surface area contributed by atoms with Crippen LogP contribution in [0, 0.1) is 12.8 Å². The predicted molar refractivity (Wildman–Crippen MR) is 84.6 cm³/mol. The molecule has 116 valence electrons. The first-order valence-electron chi connectivity index (χ1n) is 7.89. The van der Waals surface area contributed by atoms with Crippen molar-refractivity contribution in [2.24, 2.45) is 5.92 Å². The molecule has 0 radical (unpaired) electrons. The van der Waals surface area contributed by atoms with Crippen LogP contribution in [0.3, 0.4) is 0 Å². The van der Waals surface area contributed by atoms with Crippen LogP contribution in [0.2, 0.25) is 0 Å². The largest absolute Gasteiger partial charge is 0.507 e. The van der Waals surface area contributed by atoms with Crippen molar-refractivity contribution in [2.75, 3.05) is 19.6 Å². The first-order valence-corrected chi connectivity index (χ1v) is 7.89. The van der Waals surface area contributed by atoms with Crippen LogP contribution in [-0.2, 0) is 0 Å². The van der Waals surface area contributed by atoms with E-state index >= 15 is 0 Å². The normalized spacial score (nSPS) is 22.3. The Hall–Kier alpha value is -1.55. The van der Waals surface area contributed by atoms with Gasteiger partial charge >= 0.3 is 0 Å². The van der Waals surface area contributed by atoms with Crippen LogP contribution in [0.25, 0.3) is 0 Å². The quantitative estimate of drug-likeness (QED) is 0.896. The lowest BCUT2D eigenvalue weighted by atomic mass is 9.89. The summed E-state index contributed by atoms with van der Waals surface area (Å²) in [6.07, 6.45) is 2.03. The summed E-state index contributed by atoms with van der Waals surface area (Å²) in [5.74, 6) is 0.506. The number of piperidine rings is 1. The molecule has 1 aromatic carbocycles. The number of phenols is 1. The Morgan fingerprint density at radius 2 is 2.19 bits per heavy atom. The highest BCUT2D eigenvalue weighted by Gasteiger charge is 2.31. The highest BCUT2D eigenvalue weighted by molar-refractivity contribution is 5.97. The van der Waals surface area contributed by atoms with E-state index in [-0.39, 0.29) is 11.7 Å². The molecule has 1 saturated heterocycles. The van der Waals surface area contributed by atoms with Crippen molar-refractivity contribution in [3.8, 4) is 5.75 Å². The fourth-order valence-corrected chi connectivity index (χ4v) is 3.15. The summed E-state index contributed by atoms with van der Waals surface area (Å²) in [6, 6.07) is 5.69. The molecule has 0 aliphatic carbocycles. The molecule has 2 unspecified atom stereocenters. The second kappa shape index (κ2) is 6.94. The van der Waals surface area contributed by atoms with Crippen LogP contribution < -0.4 is 5.32 Å². The number of rotatable bonds is 4. The number of nitrogens with one attached hydrogen (secondary N) is 1. The summed E-state index contributed by atoms with van der Waals surface area (Å²) in [4.78, 5) is 14.5. The van der Waals surface area contributed by atoms with Gasteiger partial charge in [0, 0.05) is 19.1 Å². The predicted octanol–water partition coefficient (Wildman–Crippen LogP) is 2.55. The van der Waals surface area contributed by atoms with Crippen LogP contribution >= 0.6 is 0 Å². The van der Waals surface area contributed by atoms with E-state index in [1.807, 2.05) is 17.9 Å². The molecular formula is C17H26N2O2. The first-order chi connectivity index (χ1) is 10.1. The molecule has 2 atom stereocenters. The van der Waals surface area contributed by atoms with Gasteiger partial charge in [0.2, 0.25) is 0 Å². The topological polar surface area (TPSA) is 52.6 Å². The molecule has 1 heterocycles. The second-order valence-corrected chi connectivity index (χ2v) is 5.89. The fraction of sp³-hybridized carbons (Fsp3) is 0.588. The molecule has 1 aromatic rings. The monoisotopic (exact) mass is 290 g/mol. The van der Waals surface area contributed by atoms with E-state index in [0.717, 1.165) is 38.0 Å². The maximum Gasteiger partial charge on any atom is 0.257 e. The van der Waals surface area contributed by atoms with E-state index in [4.69, 9.17) is 0 Å². The van der Waals surface area contributed by atoms with Crippen molar-refractivity contribution >= 4 is 5.91 Å². The summed E-state index contributed by atoms with van der Waals surface area (Å²) >= 11 is 0. The van der Waals surface area contributed by atoms with E-state index in [1.165, 1.54) is 0 Å². The molecule has 2 N–H and O–H groups in total. The van der Waals surface area contributed by atoms with Crippen molar-refractivity contribution in [2.45, 2.75) is 39.7 Å². The SMILES string of the molecule is CCNC1CCN(C(=O)c2cc(C)ccc2O)CC1CC. The van der Waals surface area contributed by atoms with Gasteiger partial charge in [-0.05, 0) is 37.9 Å². The molecular weight excluding hydrogens is 264 g/mol. The number of hydrogen-bond donors (Lipinski definition) is 2. The van der Waals surface area contributed by atoms with Gasteiger partial charge in [0.25, 0.3) is 5.91 Å². The highest BCUT2D eigenvalue weighted by Crippen LogP contribution is 2.25. The number of carbonyl (C=O) groups is 1. The van der Waals surface area contributed by atoms with Gasteiger partial charge in [-0.15, -0.1) is 0 Å². The summed E-state index contributed by atoms with van der Waals surface area (Å²) in [6.45, 7) is 8.71. The molecule has 4 heteroatoms. The van der Waals surface area contributed by atoms with Gasteiger partial charge in [0.1, 0.15) is 5.75 Å². The van der Waals surface area contributed by atoms with Crippen LogP contribution in [0.5, 0.6) is 5.75 Å². The number of benzene rings is 1. The Kier molecular flexibility index (Phi) is 5.23. The van der Waals surface area contributed by atoms with Crippen molar-refractivity contribution in [1.29, 1.82) is 0 Å². The molecule has 21 heavy (non-hydrogen) atoms. The van der Waals surface area contributed by atoms with E-state index in [0.29, 0.717) is 17.5 Å². The molecule has 1 fully saturated rings. The van der Waals surface area contributed by atoms with E-state index < -0.39 is 0 Å². The van der Waals surface area contributed by atoms with Crippen LogP contribution in [0.4, 0.5) is 0 Å². The Balaban J connectivity index is 2.12. The molecule has 1 aliphatic heterocycles. The number of amides is 1. The van der Waals surface area contributed by atoms with Gasteiger partial charge in [-0.3, -0.25) is 4.79 Å². The number of aromatic hydroxyl groups is 1. The number of aryl methyl sites for hydroxylation is 1. The molecule has 0 spiro atoms. The summed E-state index contributed by atoms with van der Waals surface area (Å²) in [5.41, 5.74) is 1.41. The van der Waals surface area contributed by atoms with E-state index in [9.17, 15) is 9.90 Å². The van der Waals surface area contributed by atoms with Gasteiger partial charge in [0.15, 0.2) is 0 Å². The number of nitrogens with zero attached hydrogens (tertiary/aromatic N) is 1. The third-order valence-electron chi connectivity index (χ3n) is 4.39. The zero-order chi connectivity index (χ0) is 15.4. The molecule has 1 aliphatic rings. The average Bonchev–Trinajstić information content (AvgIpc) is 2.49. The van der Waals surface area contributed by atoms with E-state index in [2.05, 4.69) is 19.2 Å². The van der Waals surface area contributed by atoms with Gasteiger partial charge in [-0.1, -0.05) is 31.9 Å². The van der Waals surface area contributed by atoms with Crippen molar-refractivity contribution < 1.29 is 9.90 Å². The maximum atomic E-state index is 12.6. The summed E-state index contributed by atoms with van der Waals surface area (Å²) in [7, 11) is 0. The van der Waals surface area contributed by atoms with Crippen LogP contribution in [0.15, 0.2) is 18.2 Å². The second-order valence-electron chi connectivity index (χ2n) is 5.89. The molecule has 0 aromatic heterocycles. The molecule has 0 saturated carbocycles. The maximum absolute atomic E-state index is 12.6. The minimum Gasteiger partial charge on any atom is -0.507 e. The third-order valence-corrected chi connectivity index (χ3v) is 4.39. The van der Waals surface area contributed by atoms with Crippen molar-refractivity contribution in [1.82, 2.24) is 10.2 Å². The highest BCUT2D eigenvalue weighted by atomic mass is 16.3.